The highest BCUT2D eigenvalue weighted by Crippen LogP contribution is 2.29. The van der Waals surface area contributed by atoms with Crippen molar-refractivity contribution in [2.24, 2.45) is 11.8 Å². The zero-order valence-corrected chi connectivity index (χ0v) is 17.5. The van der Waals surface area contributed by atoms with E-state index in [1.807, 2.05) is 40.1 Å². The lowest BCUT2D eigenvalue weighted by Gasteiger charge is -2.38. The van der Waals surface area contributed by atoms with Crippen LogP contribution in [0.5, 0.6) is 5.75 Å². The van der Waals surface area contributed by atoms with Gasteiger partial charge in [0.05, 0.1) is 6.54 Å². The van der Waals surface area contributed by atoms with Crippen molar-refractivity contribution in [3.8, 4) is 5.75 Å². The summed E-state index contributed by atoms with van der Waals surface area (Å²) >= 11 is 0. The van der Waals surface area contributed by atoms with Crippen molar-refractivity contribution in [3.63, 3.8) is 0 Å². The van der Waals surface area contributed by atoms with Gasteiger partial charge in [-0.2, -0.15) is 0 Å². The van der Waals surface area contributed by atoms with Crippen molar-refractivity contribution in [2.75, 3.05) is 52.4 Å². The Balaban J connectivity index is 1.45. The quantitative estimate of drug-likeness (QED) is 0.710. The molecule has 2 amide bonds. The Hall–Kier alpha value is -2.38. The Labute approximate surface area is 178 Å². The van der Waals surface area contributed by atoms with Gasteiger partial charge in [-0.3, -0.25) is 9.59 Å². The molecule has 7 heteroatoms. The molecule has 0 radical (unpaired) electrons. The van der Waals surface area contributed by atoms with Gasteiger partial charge in [0.1, 0.15) is 12.4 Å². The maximum absolute atomic E-state index is 12.8. The smallest absolute Gasteiger partial charge is 0.236 e. The molecule has 2 N–H and O–H groups in total. The first-order valence-electron chi connectivity index (χ1n) is 11.0. The molecule has 0 spiro atoms. The number of ether oxygens (including phenoxy) is 1. The second-order valence-electron chi connectivity index (χ2n) is 8.34. The van der Waals surface area contributed by atoms with Crippen LogP contribution in [0.25, 0.3) is 0 Å². The lowest BCUT2D eigenvalue weighted by Crippen LogP contribution is -2.49. The molecular formula is C23H32N4O3. The van der Waals surface area contributed by atoms with Gasteiger partial charge in [-0.05, 0) is 24.3 Å². The fraction of sp³-hybridized carbons (Fsp3) is 0.565. The molecule has 1 aromatic carbocycles. The van der Waals surface area contributed by atoms with Crippen molar-refractivity contribution in [2.45, 2.75) is 19.4 Å². The summed E-state index contributed by atoms with van der Waals surface area (Å²) in [6.07, 6.45) is 5.62. The average molecular weight is 413 g/mol. The number of nitrogens with zero attached hydrogens (tertiary/aromatic N) is 2. The van der Waals surface area contributed by atoms with Gasteiger partial charge in [-0.25, -0.2) is 0 Å². The number of carbonyl (C=O) groups is 2. The summed E-state index contributed by atoms with van der Waals surface area (Å²) in [5.41, 5.74) is 1.05. The number of carbonyl (C=O) groups excluding carboxylic acids is 2. The highest BCUT2D eigenvalue weighted by molar-refractivity contribution is 5.79. The predicted molar refractivity (Wildman–Crippen MR) is 115 cm³/mol. The number of piperazine rings is 1. The molecule has 0 saturated carbocycles. The molecule has 7 nitrogen and oxygen atoms in total. The van der Waals surface area contributed by atoms with Gasteiger partial charge >= 0.3 is 0 Å². The van der Waals surface area contributed by atoms with Crippen molar-refractivity contribution in [1.82, 2.24) is 20.4 Å². The zero-order valence-electron chi connectivity index (χ0n) is 17.5. The maximum Gasteiger partial charge on any atom is 0.236 e. The van der Waals surface area contributed by atoms with E-state index in [0.717, 1.165) is 50.5 Å². The summed E-state index contributed by atoms with van der Waals surface area (Å²) in [7, 11) is 0. The molecule has 1 aromatic rings. The van der Waals surface area contributed by atoms with Crippen LogP contribution in [0.2, 0.25) is 0 Å². The van der Waals surface area contributed by atoms with E-state index >= 15 is 0 Å². The molecule has 162 valence electrons. The highest BCUT2D eigenvalue weighted by atomic mass is 16.5. The van der Waals surface area contributed by atoms with Crippen molar-refractivity contribution in [3.05, 3.63) is 42.0 Å². The Morgan fingerprint density at radius 2 is 1.93 bits per heavy atom. The lowest BCUT2D eigenvalue weighted by atomic mass is 9.82. The van der Waals surface area contributed by atoms with E-state index in [4.69, 9.17) is 4.74 Å². The van der Waals surface area contributed by atoms with E-state index in [0.29, 0.717) is 32.7 Å². The molecule has 3 aliphatic heterocycles. The SMILES string of the molecule is O=C(C[C@@H]1CCN2C[C@@H]1/C=C/COc1ccccc1CNCC2=O)N1CCNCC1. The Kier molecular flexibility index (Phi) is 7.02. The zero-order chi connectivity index (χ0) is 20.8. The summed E-state index contributed by atoms with van der Waals surface area (Å²) in [6, 6.07) is 7.92. The molecule has 2 fully saturated rings. The minimum atomic E-state index is 0.123. The minimum Gasteiger partial charge on any atom is -0.489 e. The van der Waals surface area contributed by atoms with Gasteiger partial charge in [0.25, 0.3) is 0 Å². The third kappa shape index (κ3) is 5.21. The van der Waals surface area contributed by atoms with E-state index in [1.165, 1.54) is 0 Å². The normalized spacial score (nSPS) is 26.5. The van der Waals surface area contributed by atoms with E-state index in [1.54, 1.807) is 0 Å². The topological polar surface area (TPSA) is 73.9 Å². The molecule has 3 aliphatic rings. The van der Waals surface area contributed by atoms with Crippen LogP contribution in [0.1, 0.15) is 18.4 Å². The minimum absolute atomic E-state index is 0.123. The van der Waals surface area contributed by atoms with Crippen LogP contribution >= 0.6 is 0 Å². The number of amides is 2. The maximum atomic E-state index is 12.8. The molecular weight excluding hydrogens is 380 g/mol. The second kappa shape index (κ2) is 10.1. The molecule has 2 atom stereocenters. The largest absolute Gasteiger partial charge is 0.489 e. The van der Waals surface area contributed by atoms with Crippen LogP contribution in [-0.4, -0.2) is 74.0 Å². The molecule has 2 bridgehead atoms. The molecule has 2 saturated heterocycles. The third-order valence-corrected chi connectivity index (χ3v) is 6.35. The molecule has 3 heterocycles. The predicted octanol–water partition coefficient (Wildman–Crippen LogP) is 1.01. The van der Waals surface area contributed by atoms with Crippen LogP contribution in [-0.2, 0) is 16.1 Å². The third-order valence-electron chi connectivity index (χ3n) is 6.35. The summed E-state index contributed by atoms with van der Waals surface area (Å²) in [5.74, 6) is 1.64. The fourth-order valence-corrected chi connectivity index (χ4v) is 4.57. The number of piperidine rings is 1. The van der Waals surface area contributed by atoms with Gasteiger partial charge in [-0.1, -0.05) is 30.4 Å². The van der Waals surface area contributed by atoms with Crippen LogP contribution in [0, 0.1) is 11.8 Å². The van der Waals surface area contributed by atoms with Gasteiger partial charge < -0.3 is 25.2 Å². The number of hydrogen-bond acceptors (Lipinski definition) is 5. The van der Waals surface area contributed by atoms with Crippen LogP contribution < -0.4 is 15.4 Å². The fourth-order valence-electron chi connectivity index (χ4n) is 4.57. The number of rotatable bonds is 2. The van der Waals surface area contributed by atoms with Gasteiger partial charge in [0, 0.05) is 57.8 Å². The Morgan fingerprint density at radius 1 is 1.10 bits per heavy atom. The van der Waals surface area contributed by atoms with E-state index < -0.39 is 0 Å². The Morgan fingerprint density at radius 3 is 2.80 bits per heavy atom. The van der Waals surface area contributed by atoms with E-state index in [2.05, 4.69) is 16.7 Å². The molecule has 30 heavy (non-hydrogen) atoms. The molecule has 4 rings (SSSR count). The van der Waals surface area contributed by atoms with Crippen molar-refractivity contribution >= 4 is 11.8 Å². The number of nitrogens with one attached hydrogen (secondary N) is 2. The van der Waals surface area contributed by atoms with Gasteiger partial charge in [-0.15, -0.1) is 0 Å². The van der Waals surface area contributed by atoms with Crippen molar-refractivity contribution in [1.29, 1.82) is 0 Å². The monoisotopic (exact) mass is 412 g/mol. The van der Waals surface area contributed by atoms with Crippen LogP contribution in [0.4, 0.5) is 0 Å². The van der Waals surface area contributed by atoms with Crippen LogP contribution in [0.3, 0.4) is 0 Å². The number of benzene rings is 1. The van der Waals surface area contributed by atoms with Gasteiger partial charge in [0.15, 0.2) is 0 Å². The van der Waals surface area contributed by atoms with Crippen molar-refractivity contribution < 1.29 is 14.3 Å². The summed E-state index contributed by atoms with van der Waals surface area (Å²) in [4.78, 5) is 29.5. The standard InChI is InChI=1S/C23H32N4O3/c28-22(26-11-8-24-9-12-26)14-18-7-10-27-17-20(18)5-3-13-30-21-6-2-1-4-19(21)15-25-16-23(27)29/h1-6,18,20,24-25H,7-17H2/b5-3+/t18-,20-/m0/s1. The van der Waals surface area contributed by atoms with Gasteiger partial charge in [0.2, 0.25) is 11.8 Å². The second-order valence-corrected chi connectivity index (χ2v) is 8.34. The number of fused-ring (bicyclic) bond motifs is 3. The summed E-state index contributed by atoms with van der Waals surface area (Å²) < 4.78 is 5.97. The lowest BCUT2D eigenvalue weighted by molar-refractivity contribution is -0.135. The van der Waals surface area contributed by atoms with Crippen LogP contribution in [0.15, 0.2) is 36.4 Å². The first-order valence-corrected chi connectivity index (χ1v) is 11.0. The summed E-state index contributed by atoms with van der Waals surface area (Å²) in [6.45, 7) is 6.10. The molecule has 0 unspecified atom stereocenters. The number of para-hydroxylation sites is 1. The molecule has 0 aliphatic carbocycles. The average Bonchev–Trinajstić information content (AvgIpc) is 2.79. The van der Waals surface area contributed by atoms with E-state index in [-0.39, 0.29) is 23.7 Å². The first-order chi connectivity index (χ1) is 14.7. The first kappa shape index (κ1) is 20.9. The highest BCUT2D eigenvalue weighted by Gasteiger charge is 2.32. The Bertz CT molecular complexity index is 775. The summed E-state index contributed by atoms with van der Waals surface area (Å²) in [5, 5.41) is 6.56. The molecule has 0 aromatic heterocycles. The number of hydrogen-bond donors (Lipinski definition) is 2. The van der Waals surface area contributed by atoms with E-state index in [9.17, 15) is 9.59 Å².